The van der Waals surface area contributed by atoms with Crippen LogP contribution in [-0.4, -0.2) is 54.5 Å². The number of amides is 1. The number of piperazine rings is 1. The molecule has 6 nitrogen and oxygen atoms in total. The van der Waals surface area contributed by atoms with E-state index < -0.39 is 0 Å². The van der Waals surface area contributed by atoms with Crippen LogP contribution in [0.5, 0.6) is 0 Å². The van der Waals surface area contributed by atoms with E-state index in [2.05, 4.69) is 9.88 Å². The monoisotopic (exact) mass is 407 g/mol. The first-order valence-corrected chi connectivity index (χ1v) is 9.38. The Kier molecular flexibility index (Phi) is 6.19. The topological polar surface area (TPSA) is 62.7 Å². The number of hydrogen-bond donors (Lipinski definition) is 0. The van der Waals surface area contributed by atoms with E-state index in [4.69, 9.17) is 27.9 Å². The summed E-state index contributed by atoms with van der Waals surface area (Å²) in [5.74, 6) is 0.245. The molecule has 1 saturated heterocycles. The average Bonchev–Trinajstić information content (AvgIpc) is 2.70. The van der Waals surface area contributed by atoms with Crippen molar-refractivity contribution >= 4 is 40.9 Å². The molecule has 8 heteroatoms. The molecular formula is C19H19Cl2N3O3. The van der Waals surface area contributed by atoms with Crippen molar-refractivity contribution in [1.29, 1.82) is 0 Å². The molecule has 27 heavy (non-hydrogen) atoms. The van der Waals surface area contributed by atoms with Gasteiger partial charge in [-0.2, -0.15) is 0 Å². The maximum absolute atomic E-state index is 12.7. The molecule has 1 aliphatic heterocycles. The van der Waals surface area contributed by atoms with Gasteiger partial charge in [0.1, 0.15) is 5.82 Å². The van der Waals surface area contributed by atoms with Crippen molar-refractivity contribution in [3.8, 4) is 0 Å². The fourth-order valence-corrected chi connectivity index (χ4v) is 3.27. The van der Waals surface area contributed by atoms with Crippen LogP contribution < -0.4 is 4.90 Å². The maximum atomic E-state index is 12.7. The van der Waals surface area contributed by atoms with Crippen molar-refractivity contribution in [2.75, 3.05) is 37.7 Å². The summed E-state index contributed by atoms with van der Waals surface area (Å²) >= 11 is 12.2. The van der Waals surface area contributed by atoms with Crippen LogP contribution in [0, 0.1) is 0 Å². The zero-order chi connectivity index (χ0) is 19.4. The summed E-state index contributed by atoms with van der Waals surface area (Å²) in [7, 11) is 0. The molecule has 0 unspecified atom stereocenters. The molecule has 0 atom stereocenters. The highest BCUT2D eigenvalue weighted by Gasteiger charge is 2.25. The second-order valence-electron chi connectivity index (χ2n) is 6.01. The van der Waals surface area contributed by atoms with Gasteiger partial charge in [0.2, 0.25) is 0 Å². The van der Waals surface area contributed by atoms with Gasteiger partial charge >= 0.3 is 5.97 Å². The first-order chi connectivity index (χ1) is 13.0. The molecule has 1 aromatic carbocycles. The average molecular weight is 408 g/mol. The summed E-state index contributed by atoms with van der Waals surface area (Å²) in [4.78, 5) is 32.6. The van der Waals surface area contributed by atoms with E-state index in [1.165, 1.54) is 6.20 Å². The van der Waals surface area contributed by atoms with Crippen LogP contribution >= 0.6 is 23.2 Å². The van der Waals surface area contributed by atoms with Crippen LogP contribution in [0.3, 0.4) is 0 Å². The minimum Gasteiger partial charge on any atom is -0.462 e. The standard InChI is InChI=1S/C19H19Cl2N3O3/c1-2-27-19(26)13-6-7-16(22-12-13)23-8-10-24(11-9-23)18(25)14-4-3-5-15(20)17(14)21/h3-7,12H,2,8-11H2,1H3. The SMILES string of the molecule is CCOC(=O)c1ccc(N2CCN(C(=O)c3cccc(Cl)c3Cl)CC2)nc1. The normalized spacial score (nSPS) is 14.2. The van der Waals surface area contributed by atoms with Gasteiger partial charge in [-0.25, -0.2) is 9.78 Å². The Morgan fingerprint density at radius 2 is 1.85 bits per heavy atom. The third kappa shape index (κ3) is 4.34. The molecular weight excluding hydrogens is 389 g/mol. The zero-order valence-corrected chi connectivity index (χ0v) is 16.3. The van der Waals surface area contributed by atoms with Gasteiger partial charge in [0.15, 0.2) is 0 Å². The highest BCUT2D eigenvalue weighted by molar-refractivity contribution is 6.43. The van der Waals surface area contributed by atoms with E-state index >= 15 is 0 Å². The maximum Gasteiger partial charge on any atom is 0.339 e. The number of carbonyl (C=O) groups is 2. The predicted molar refractivity (Wildman–Crippen MR) is 105 cm³/mol. The largest absolute Gasteiger partial charge is 0.462 e. The van der Waals surface area contributed by atoms with Gasteiger partial charge in [0, 0.05) is 32.4 Å². The first kappa shape index (κ1) is 19.5. The number of benzene rings is 1. The number of ether oxygens (including phenoxy) is 1. The van der Waals surface area contributed by atoms with E-state index in [9.17, 15) is 9.59 Å². The predicted octanol–water partition coefficient (Wildman–Crippen LogP) is 3.53. The van der Waals surface area contributed by atoms with E-state index in [1.54, 1.807) is 42.2 Å². The smallest absolute Gasteiger partial charge is 0.339 e. The van der Waals surface area contributed by atoms with Gasteiger partial charge in [-0.05, 0) is 31.2 Å². The Hall–Kier alpha value is -2.31. The number of aromatic nitrogens is 1. The summed E-state index contributed by atoms with van der Waals surface area (Å²) in [6.45, 7) is 4.45. The van der Waals surface area contributed by atoms with Crippen LogP contribution in [-0.2, 0) is 4.74 Å². The molecule has 3 rings (SSSR count). The van der Waals surface area contributed by atoms with Crippen LogP contribution in [0.1, 0.15) is 27.6 Å². The number of hydrogen-bond acceptors (Lipinski definition) is 5. The minimum atomic E-state index is -0.384. The van der Waals surface area contributed by atoms with Gasteiger partial charge in [-0.1, -0.05) is 29.3 Å². The van der Waals surface area contributed by atoms with Crippen LogP contribution in [0.25, 0.3) is 0 Å². The van der Waals surface area contributed by atoms with Gasteiger partial charge in [0.05, 0.1) is 27.8 Å². The molecule has 0 bridgehead atoms. The molecule has 2 aromatic rings. The van der Waals surface area contributed by atoms with Crippen molar-refractivity contribution in [3.05, 3.63) is 57.7 Å². The van der Waals surface area contributed by atoms with Crippen molar-refractivity contribution in [2.24, 2.45) is 0 Å². The number of anilines is 1. The molecule has 2 heterocycles. The van der Waals surface area contributed by atoms with Crippen molar-refractivity contribution in [1.82, 2.24) is 9.88 Å². The number of rotatable bonds is 4. The lowest BCUT2D eigenvalue weighted by Crippen LogP contribution is -2.49. The second-order valence-corrected chi connectivity index (χ2v) is 6.79. The van der Waals surface area contributed by atoms with Crippen molar-refractivity contribution in [2.45, 2.75) is 6.92 Å². The number of carbonyl (C=O) groups excluding carboxylic acids is 2. The van der Waals surface area contributed by atoms with Gasteiger partial charge in [0.25, 0.3) is 5.91 Å². The van der Waals surface area contributed by atoms with E-state index in [-0.39, 0.29) is 16.9 Å². The molecule has 0 N–H and O–H groups in total. The number of pyridine rings is 1. The second kappa shape index (κ2) is 8.59. The summed E-state index contributed by atoms with van der Waals surface area (Å²) < 4.78 is 4.96. The van der Waals surface area contributed by atoms with Crippen LogP contribution in [0.15, 0.2) is 36.5 Å². The van der Waals surface area contributed by atoms with E-state index in [0.717, 1.165) is 5.82 Å². The van der Waals surface area contributed by atoms with Crippen molar-refractivity contribution in [3.63, 3.8) is 0 Å². The molecule has 0 spiro atoms. The summed E-state index contributed by atoms with van der Waals surface area (Å²) in [5, 5.41) is 0.648. The molecule has 1 aromatic heterocycles. The molecule has 0 aliphatic carbocycles. The zero-order valence-electron chi connectivity index (χ0n) is 14.8. The van der Waals surface area contributed by atoms with Gasteiger partial charge < -0.3 is 14.5 Å². The summed E-state index contributed by atoms with van der Waals surface area (Å²) in [6, 6.07) is 8.54. The molecule has 1 amide bonds. The van der Waals surface area contributed by atoms with Crippen LogP contribution in [0.4, 0.5) is 5.82 Å². The Balaban J connectivity index is 1.62. The Bertz CT molecular complexity index is 835. The number of esters is 1. The molecule has 1 fully saturated rings. The molecule has 0 radical (unpaired) electrons. The van der Waals surface area contributed by atoms with E-state index in [1.807, 2.05) is 0 Å². The third-order valence-corrected chi connectivity index (χ3v) is 5.15. The first-order valence-electron chi connectivity index (χ1n) is 8.62. The Morgan fingerprint density at radius 3 is 2.48 bits per heavy atom. The lowest BCUT2D eigenvalue weighted by Gasteiger charge is -2.35. The van der Waals surface area contributed by atoms with E-state index in [0.29, 0.717) is 48.9 Å². The highest BCUT2D eigenvalue weighted by Crippen LogP contribution is 2.27. The van der Waals surface area contributed by atoms with Gasteiger partial charge in [-0.3, -0.25) is 4.79 Å². The minimum absolute atomic E-state index is 0.132. The molecule has 0 saturated carbocycles. The molecule has 142 valence electrons. The highest BCUT2D eigenvalue weighted by atomic mass is 35.5. The van der Waals surface area contributed by atoms with Crippen molar-refractivity contribution < 1.29 is 14.3 Å². The lowest BCUT2D eigenvalue weighted by molar-refractivity contribution is 0.0525. The van der Waals surface area contributed by atoms with Crippen LogP contribution in [0.2, 0.25) is 10.0 Å². The fraction of sp³-hybridized carbons (Fsp3) is 0.316. The summed E-state index contributed by atoms with van der Waals surface area (Å²) in [6.07, 6.45) is 1.51. The Labute approximate surface area is 167 Å². The van der Waals surface area contributed by atoms with Gasteiger partial charge in [-0.15, -0.1) is 0 Å². The third-order valence-electron chi connectivity index (χ3n) is 4.33. The molecule has 1 aliphatic rings. The summed E-state index contributed by atoms with van der Waals surface area (Å²) in [5.41, 5.74) is 0.833. The quantitative estimate of drug-likeness (QED) is 0.725. The fourth-order valence-electron chi connectivity index (χ4n) is 2.89. The number of nitrogens with zero attached hydrogens (tertiary/aromatic N) is 3. The number of halogens is 2. The lowest BCUT2D eigenvalue weighted by atomic mass is 10.1. The Morgan fingerprint density at radius 1 is 1.11 bits per heavy atom.